The van der Waals surface area contributed by atoms with E-state index in [4.69, 9.17) is 9.47 Å². The van der Waals surface area contributed by atoms with E-state index in [0.717, 1.165) is 56.3 Å². The second-order valence-corrected chi connectivity index (χ2v) is 14.8. The summed E-state index contributed by atoms with van der Waals surface area (Å²) in [5.41, 5.74) is 9.48. The van der Waals surface area contributed by atoms with Gasteiger partial charge in [0.05, 0.1) is 18.8 Å². The Bertz CT molecular complexity index is 1710. The minimum Gasteiger partial charge on any atom is -0.481 e. The normalized spacial score (nSPS) is 13.6. The maximum Gasteiger partial charge on any atom is 0.307 e. The van der Waals surface area contributed by atoms with Gasteiger partial charge in [0.25, 0.3) is 0 Å². The standard InChI is InChI=1S/C24H29NO3.C23H27NO4/c1-17(26)18(9-7-8-14-25-2)15-24(27)28-16-23-21-12-5-3-10-19(21)20-11-4-6-13-22(20)23;1-24-13-7-6-8-16(23(26)27)14-22(25)28-15-21-19-11-4-2-9-17(19)18-10-3-5-12-20(18)21/h3-6,10-13,18,23,25H,7-9,14-16H2,1-2H3;2-5,9-12,16,21,24H,6-8,13-15H2,1H3,(H,26,27)/t18-;16-/m11/s1. The molecule has 0 amide bonds. The van der Waals surface area contributed by atoms with E-state index < -0.39 is 17.9 Å². The number of carboxylic acids is 1. The number of aliphatic carboxylic acids is 1. The molecule has 0 fully saturated rings. The third-order valence-corrected chi connectivity index (χ3v) is 11.0. The van der Waals surface area contributed by atoms with Gasteiger partial charge in [-0.25, -0.2) is 0 Å². The molecule has 2 aliphatic rings. The van der Waals surface area contributed by atoms with E-state index in [1.165, 1.54) is 33.4 Å². The summed E-state index contributed by atoms with van der Waals surface area (Å²) in [6.07, 6.45) is 4.92. The number of ketones is 1. The smallest absolute Gasteiger partial charge is 0.307 e. The lowest BCUT2D eigenvalue weighted by molar-refractivity contribution is -0.152. The SMILES string of the molecule is CNCCCC[C@H](CC(=O)OCC1c2ccccc2-c2ccccc21)C(=O)O.CNCCCC[C@H](CC(=O)OCC1c2ccccc2-c2ccccc21)C(C)=O. The highest BCUT2D eigenvalue weighted by atomic mass is 16.5. The second kappa shape index (κ2) is 21.3. The Kier molecular flexibility index (Phi) is 16.0. The number of benzene rings is 4. The van der Waals surface area contributed by atoms with E-state index in [0.29, 0.717) is 13.0 Å². The van der Waals surface area contributed by atoms with Gasteiger partial charge >= 0.3 is 17.9 Å². The molecule has 296 valence electrons. The molecule has 0 aromatic heterocycles. The molecule has 0 heterocycles. The fourth-order valence-electron chi connectivity index (χ4n) is 7.90. The van der Waals surface area contributed by atoms with E-state index in [2.05, 4.69) is 59.2 Å². The van der Waals surface area contributed by atoms with E-state index in [1.54, 1.807) is 6.92 Å². The predicted molar refractivity (Wildman–Crippen MR) is 219 cm³/mol. The van der Waals surface area contributed by atoms with Gasteiger partial charge in [0.1, 0.15) is 19.0 Å². The van der Waals surface area contributed by atoms with Crippen LogP contribution < -0.4 is 10.6 Å². The number of carbonyl (C=O) groups is 4. The highest BCUT2D eigenvalue weighted by molar-refractivity contribution is 5.84. The van der Waals surface area contributed by atoms with Gasteiger partial charge in [-0.05, 0) is 104 Å². The van der Waals surface area contributed by atoms with Gasteiger partial charge in [-0.2, -0.15) is 0 Å². The number of carboxylic acid groups (broad SMARTS) is 1. The molecule has 0 saturated carbocycles. The van der Waals surface area contributed by atoms with Crippen LogP contribution in [0.4, 0.5) is 0 Å². The zero-order chi connectivity index (χ0) is 39.9. The maximum absolute atomic E-state index is 12.4. The molecular formula is C47H56N2O7. The Balaban J connectivity index is 0.000000214. The van der Waals surface area contributed by atoms with Crippen molar-refractivity contribution in [2.45, 2.75) is 70.1 Å². The number of hydrogen-bond acceptors (Lipinski definition) is 8. The Labute approximate surface area is 331 Å². The van der Waals surface area contributed by atoms with Crippen molar-refractivity contribution in [2.75, 3.05) is 40.4 Å². The molecule has 0 spiro atoms. The molecule has 0 bridgehead atoms. The molecule has 0 radical (unpaired) electrons. The first-order valence-corrected chi connectivity index (χ1v) is 19.9. The fraction of sp³-hybridized carbons (Fsp3) is 0.404. The zero-order valence-electron chi connectivity index (χ0n) is 32.9. The number of carbonyl (C=O) groups excluding carboxylic acids is 3. The van der Waals surface area contributed by atoms with Crippen LogP contribution >= 0.6 is 0 Å². The van der Waals surface area contributed by atoms with Crippen molar-refractivity contribution < 1.29 is 33.8 Å². The summed E-state index contributed by atoms with van der Waals surface area (Å²) < 4.78 is 11.2. The monoisotopic (exact) mass is 760 g/mol. The lowest BCUT2D eigenvalue weighted by Crippen LogP contribution is -2.21. The highest BCUT2D eigenvalue weighted by Gasteiger charge is 2.31. The quantitative estimate of drug-likeness (QED) is 0.0604. The van der Waals surface area contributed by atoms with Crippen LogP contribution in [0.15, 0.2) is 97.1 Å². The average molecular weight is 761 g/mol. The Morgan fingerprint density at radius 1 is 0.554 bits per heavy atom. The van der Waals surface area contributed by atoms with Gasteiger partial charge in [-0.15, -0.1) is 0 Å². The van der Waals surface area contributed by atoms with E-state index in [-0.39, 0.29) is 49.0 Å². The summed E-state index contributed by atoms with van der Waals surface area (Å²) in [4.78, 5) is 48.1. The average Bonchev–Trinajstić information content (AvgIpc) is 3.71. The van der Waals surface area contributed by atoms with Gasteiger partial charge in [0.2, 0.25) is 0 Å². The summed E-state index contributed by atoms with van der Waals surface area (Å²) in [5.74, 6) is -2.47. The summed E-state index contributed by atoms with van der Waals surface area (Å²) >= 11 is 0. The Morgan fingerprint density at radius 3 is 1.23 bits per heavy atom. The molecule has 4 aromatic carbocycles. The Hall–Kier alpha value is -5.12. The van der Waals surface area contributed by atoms with Gasteiger partial charge in [-0.1, -0.05) is 110 Å². The molecule has 9 nitrogen and oxygen atoms in total. The van der Waals surface area contributed by atoms with Crippen molar-refractivity contribution in [3.8, 4) is 22.3 Å². The number of esters is 2. The van der Waals surface area contributed by atoms with Crippen LogP contribution in [0.5, 0.6) is 0 Å². The molecule has 2 atom stereocenters. The van der Waals surface area contributed by atoms with Crippen molar-refractivity contribution >= 4 is 23.7 Å². The second-order valence-electron chi connectivity index (χ2n) is 14.8. The number of rotatable bonds is 20. The van der Waals surface area contributed by atoms with Crippen LogP contribution in [0.3, 0.4) is 0 Å². The molecule has 4 aromatic rings. The molecule has 0 unspecified atom stereocenters. The lowest BCUT2D eigenvalue weighted by Gasteiger charge is -2.16. The topological polar surface area (TPSA) is 131 Å². The third-order valence-electron chi connectivity index (χ3n) is 11.0. The van der Waals surface area contributed by atoms with Crippen molar-refractivity contribution in [1.29, 1.82) is 0 Å². The number of hydrogen-bond donors (Lipinski definition) is 3. The molecule has 0 saturated heterocycles. The Morgan fingerprint density at radius 2 is 0.893 bits per heavy atom. The van der Waals surface area contributed by atoms with Crippen molar-refractivity contribution in [2.24, 2.45) is 11.8 Å². The minimum absolute atomic E-state index is 0.00439. The first-order chi connectivity index (χ1) is 27.2. The van der Waals surface area contributed by atoms with Crippen LogP contribution in [-0.2, 0) is 28.7 Å². The molecule has 0 aliphatic heterocycles. The summed E-state index contributed by atoms with van der Waals surface area (Å²) in [7, 11) is 3.78. The van der Waals surface area contributed by atoms with E-state index >= 15 is 0 Å². The maximum atomic E-state index is 12.4. The molecule has 56 heavy (non-hydrogen) atoms. The summed E-state index contributed by atoms with van der Waals surface area (Å²) in [6.45, 7) is 3.89. The number of Topliss-reactive ketones (excluding diaryl/α,β-unsaturated/α-hetero) is 1. The van der Waals surface area contributed by atoms with Crippen LogP contribution in [-0.4, -0.2) is 69.2 Å². The molecule has 3 N–H and O–H groups in total. The van der Waals surface area contributed by atoms with Crippen molar-refractivity contribution in [3.05, 3.63) is 119 Å². The first kappa shape index (κ1) is 42.0. The number of nitrogens with one attached hydrogen (secondary N) is 2. The highest BCUT2D eigenvalue weighted by Crippen LogP contribution is 2.45. The summed E-state index contributed by atoms with van der Waals surface area (Å²) in [6, 6.07) is 32.9. The third kappa shape index (κ3) is 11.0. The first-order valence-electron chi connectivity index (χ1n) is 19.9. The van der Waals surface area contributed by atoms with Crippen LogP contribution in [0.1, 0.15) is 92.4 Å². The number of fused-ring (bicyclic) bond motifs is 6. The van der Waals surface area contributed by atoms with Crippen molar-refractivity contribution in [1.82, 2.24) is 10.6 Å². The lowest BCUT2D eigenvalue weighted by atomic mass is 9.94. The zero-order valence-corrected chi connectivity index (χ0v) is 32.9. The van der Waals surface area contributed by atoms with Crippen LogP contribution in [0.25, 0.3) is 22.3 Å². The molecular weight excluding hydrogens is 705 g/mol. The van der Waals surface area contributed by atoms with E-state index in [9.17, 15) is 24.3 Å². The predicted octanol–water partition coefficient (Wildman–Crippen LogP) is 8.15. The number of unbranched alkanes of at least 4 members (excludes halogenated alkanes) is 2. The van der Waals surface area contributed by atoms with Gasteiger partial charge < -0.3 is 25.2 Å². The largest absolute Gasteiger partial charge is 0.481 e. The molecule has 9 heteroatoms. The van der Waals surface area contributed by atoms with Crippen molar-refractivity contribution in [3.63, 3.8) is 0 Å². The number of ether oxygens (including phenoxy) is 2. The van der Waals surface area contributed by atoms with Crippen LogP contribution in [0.2, 0.25) is 0 Å². The van der Waals surface area contributed by atoms with Gasteiger partial charge in [0.15, 0.2) is 0 Å². The van der Waals surface area contributed by atoms with Crippen LogP contribution in [0, 0.1) is 11.8 Å². The van der Waals surface area contributed by atoms with E-state index in [1.807, 2.05) is 62.6 Å². The minimum atomic E-state index is -0.932. The van der Waals surface area contributed by atoms with Gasteiger partial charge in [0, 0.05) is 17.8 Å². The molecule has 2 aliphatic carbocycles. The summed E-state index contributed by atoms with van der Waals surface area (Å²) in [5, 5.41) is 15.5. The fourth-order valence-corrected chi connectivity index (χ4v) is 7.90. The van der Waals surface area contributed by atoms with Gasteiger partial charge in [-0.3, -0.25) is 19.2 Å². The molecule has 6 rings (SSSR count).